The number of rotatable bonds is 10. The molecule has 0 spiro atoms. The van der Waals surface area contributed by atoms with Crippen molar-refractivity contribution in [2.75, 3.05) is 26.3 Å². The van der Waals surface area contributed by atoms with Crippen molar-refractivity contribution in [1.82, 2.24) is 4.90 Å². The quantitative estimate of drug-likeness (QED) is 0.664. The Hall–Kier alpha value is -0.420. The van der Waals surface area contributed by atoms with Gasteiger partial charge in [0.15, 0.2) is 0 Å². The van der Waals surface area contributed by atoms with Crippen LogP contribution in [-0.2, 0) is 11.3 Å². The van der Waals surface area contributed by atoms with Gasteiger partial charge in [-0.05, 0) is 24.4 Å². The summed E-state index contributed by atoms with van der Waals surface area (Å²) >= 11 is 1.76. The molecule has 4 heteroatoms. The van der Waals surface area contributed by atoms with Crippen molar-refractivity contribution < 1.29 is 9.84 Å². The molecule has 0 radical (unpaired) electrons. The fourth-order valence-electron chi connectivity index (χ4n) is 1.74. The van der Waals surface area contributed by atoms with Crippen LogP contribution in [-0.4, -0.2) is 42.4 Å². The lowest BCUT2D eigenvalue weighted by Gasteiger charge is -2.23. The van der Waals surface area contributed by atoms with Crippen molar-refractivity contribution >= 4 is 11.3 Å². The molecule has 3 nitrogen and oxygen atoms in total. The van der Waals surface area contributed by atoms with E-state index in [0.29, 0.717) is 13.2 Å². The largest absolute Gasteiger partial charge is 0.389 e. The van der Waals surface area contributed by atoms with E-state index in [4.69, 9.17) is 4.74 Å². The second-order valence-corrected chi connectivity index (χ2v) is 5.52. The Morgan fingerprint density at radius 1 is 1.44 bits per heavy atom. The van der Waals surface area contributed by atoms with E-state index in [0.717, 1.165) is 32.5 Å². The van der Waals surface area contributed by atoms with Crippen molar-refractivity contribution in [1.29, 1.82) is 0 Å². The summed E-state index contributed by atoms with van der Waals surface area (Å²) in [7, 11) is 0. The highest BCUT2D eigenvalue weighted by atomic mass is 32.1. The van der Waals surface area contributed by atoms with E-state index >= 15 is 0 Å². The smallest absolute Gasteiger partial charge is 0.0900 e. The molecule has 1 aromatic rings. The number of likely N-dealkylation sites (N-methyl/N-ethyl adjacent to an activating group) is 1. The molecular formula is C14H25NO2S. The lowest BCUT2D eigenvalue weighted by molar-refractivity contribution is 0.0155. The zero-order valence-corrected chi connectivity index (χ0v) is 12.3. The highest BCUT2D eigenvalue weighted by Crippen LogP contribution is 2.11. The van der Waals surface area contributed by atoms with Gasteiger partial charge >= 0.3 is 0 Å². The van der Waals surface area contributed by atoms with Crippen molar-refractivity contribution in [3.05, 3.63) is 22.4 Å². The van der Waals surface area contributed by atoms with Gasteiger partial charge in [0.25, 0.3) is 0 Å². The number of hydrogen-bond acceptors (Lipinski definition) is 4. The van der Waals surface area contributed by atoms with Crippen LogP contribution in [0.4, 0.5) is 0 Å². The van der Waals surface area contributed by atoms with Crippen LogP contribution < -0.4 is 0 Å². The van der Waals surface area contributed by atoms with Gasteiger partial charge < -0.3 is 9.84 Å². The number of aliphatic hydroxyl groups is 1. The van der Waals surface area contributed by atoms with Gasteiger partial charge in [0.2, 0.25) is 0 Å². The summed E-state index contributed by atoms with van der Waals surface area (Å²) in [6.45, 7) is 8.01. The van der Waals surface area contributed by atoms with Crippen molar-refractivity contribution in [2.24, 2.45) is 0 Å². The van der Waals surface area contributed by atoms with E-state index in [1.165, 1.54) is 4.88 Å². The summed E-state index contributed by atoms with van der Waals surface area (Å²) < 4.78 is 5.44. The second kappa shape index (κ2) is 9.50. The van der Waals surface area contributed by atoms with Crippen LogP contribution in [0.2, 0.25) is 0 Å². The minimum absolute atomic E-state index is 0.387. The number of aliphatic hydroxyl groups excluding tert-OH is 1. The SMILES string of the molecule is CCCCOCC(O)CN(CC)Cc1cccs1. The van der Waals surface area contributed by atoms with Crippen LogP contribution in [0.1, 0.15) is 31.6 Å². The number of unbranched alkanes of at least 4 members (excludes halogenated alkanes) is 1. The predicted octanol–water partition coefficient (Wildman–Crippen LogP) is 2.75. The summed E-state index contributed by atoms with van der Waals surface area (Å²) in [5.74, 6) is 0. The Kier molecular flexibility index (Phi) is 8.25. The van der Waals surface area contributed by atoms with Gasteiger partial charge in [-0.1, -0.05) is 26.3 Å². The zero-order chi connectivity index (χ0) is 13.2. The molecule has 18 heavy (non-hydrogen) atoms. The Bertz CT molecular complexity index is 290. The summed E-state index contributed by atoms with van der Waals surface area (Å²) in [4.78, 5) is 3.59. The topological polar surface area (TPSA) is 32.7 Å². The molecule has 0 aromatic carbocycles. The molecule has 1 aromatic heterocycles. The third kappa shape index (κ3) is 6.50. The molecule has 0 saturated heterocycles. The number of thiophene rings is 1. The number of nitrogens with zero attached hydrogens (tertiary/aromatic N) is 1. The summed E-state index contributed by atoms with van der Waals surface area (Å²) in [5.41, 5.74) is 0. The van der Waals surface area contributed by atoms with Crippen LogP contribution in [0.25, 0.3) is 0 Å². The molecule has 0 aliphatic rings. The molecule has 0 fully saturated rings. The molecule has 0 aliphatic heterocycles. The van der Waals surface area contributed by atoms with Crippen LogP contribution in [0, 0.1) is 0 Å². The molecule has 1 atom stereocenters. The van der Waals surface area contributed by atoms with Crippen LogP contribution in [0.3, 0.4) is 0 Å². The predicted molar refractivity (Wildman–Crippen MR) is 77.0 cm³/mol. The average Bonchev–Trinajstić information content (AvgIpc) is 2.86. The fraction of sp³-hybridized carbons (Fsp3) is 0.714. The van der Waals surface area contributed by atoms with E-state index in [1.807, 2.05) is 0 Å². The maximum atomic E-state index is 9.92. The van der Waals surface area contributed by atoms with E-state index in [-0.39, 0.29) is 6.10 Å². The minimum atomic E-state index is -0.387. The highest BCUT2D eigenvalue weighted by Gasteiger charge is 2.11. The van der Waals surface area contributed by atoms with E-state index in [2.05, 4.69) is 36.3 Å². The van der Waals surface area contributed by atoms with E-state index < -0.39 is 0 Å². The lowest BCUT2D eigenvalue weighted by Crippen LogP contribution is -2.34. The standard InChI is InChI=1S/C14H25NO2S/c1-3-5-8-17-12-13(16)10-15(4-2)11-14-7-6-9-18-14/h6-7,9,13,16H,3-5,8,10-12H2,1-2H3. The Balaban J connectivity index is 2.20. The maximum Gasteiger partial charge on any atom is 0.0900 e. The monoisotopic (exact) mass is 271 g/mol. The second-order valence-electron chi connectivity index (χ2n) is 4.49. The molecular weight excluding hydrogens is 246 g/mol. The molecule has 0 saturated carbocycles. The van der Waals surface area contributed by atoms with Crippen molar-refractivity contribution in [3.63, 3.8) is 0 Å². The van der Waals surface area contributed by atoms with Crippen LogP contribution in [0.15, 0.2) is 17.5 Å². The van der Waals surface area contributed by atoms with Gasteiger partial charge in [-0.25, -0.2) is 0 Å². The molecule has 104 valence electrons. The normalized spacial score (nSPS) is 13.1. The molecule has 0 bridgehead atoms. The Labute approximate surface area is 114 Å². The van der Waals surface area contributed by atoms with E-state index in [1.54, 1.807) is 11.3 Å². The van der Waals surface area contributed by atoms with Gasteiger partial charge in [0.1, 0.15) is 0 Å². The highest BCUT2D eigenvalue weighted by molar-refractivity contribution is 7.09. The molecule has 0 amide bonds. The van der Waals surface area contributed by atoms with Crippen molar-refractivity contribution in [2.45, 2.75) is 39.3 Å². The summed E-state index contributed by atoms with van der Waals surface area (Å²) in [6, 6.07) is 4.20. The third-order valence-corrected chi connectivity index (χ3v) is 3.69. The van der Waals surface area contributed by atoms with Gasteiger partial charge in [0, 0.05) is 24.6 Å². The summed E-state index contributed by atoms with van der Waals surface area (Å²) in [6.07, 6.45) is 1.82. The minimum Gasteiger partial charge on any atom is -0.389 e. The molecule has 1 heterocycles. The molecule has 1 unspecified atom stereocenters. The average molecular weight is 271 g/mol. The Morgan fingerprint density at radius 3 is 2.89 bits per heavy atom. The number of ether oxygens (including phenoxy) is 1. The van der Waals surface area contributed by atoms with Gasteiger partial charge in [-0.15, -0.1) is 11.3 Å². The first kappa shape index (κ1) is 15.6. The fourth-order valence-corrected chi connectivity index (χ4v) is 2.49. The van der Waals surface area contributed by atoms with Gasteiger partial charge in [-0.2, -0.15) is 0 Å². The van der Waals surface area contributed by atoms with E-state index in [9.17, 15) is 5.11 Å². The first-order valence-corrected chi connectivity index (χ1v) is 7.64. The maximum absolute atomic E-state index is 9.92. The first-order chi connectivity index (χ1) is 8.76. The zero-order valence-electron chi connectivity index (χ0n) is 11.5. The molecule has 1 rings (SSSR count). The molecule has 1 N–H and O–H groups in total. The Morgan fingerprint density at radius 2 is 2.28 bits per heavy atom. The van der Waals surface area contributed by atoms with Gasteiger partial charge in [-0.3, -0.25) is 4.90 Å². The summed E-state index contributed by atoms with van der Waals surface area (Å²) in [5, 5.41) is 12.0. The van der Waals surface area contributed by atoms with Crippen LogP contribution in [0.5, 0.6) is 0 Å². The van der Waals surface area contributed by atoms with Crippen LogP contribution >= 0.6 is 11.3 Å². The van der Waals surface area contributed by atoms with Crippen molar-refractivity contribution in [3.8, 4) is 0 Å². The first-order valence-electron chi connectivity index (χ1n) is 6.76. The van der Waals surface area contributed by atoms with Gasteiger partial charge in [0.05, 0.1) is 12.7 Å². The lowest BCUT2D eigenvalue weighted by atomic mass is 10.3. The third-order valence-electron chi connectivity index (χ3n) is 2.83. The molecule has 0 aliphatic carbocycles. The number of hydrogen-bond donors (Lipinski definition) is 1.